The molecule has 10 heteroatoms. The lowest BCUT2D eigenvalue weighted by molar-refractivity contribution is -0.0981. The van der Waals surface area contributed by atoms with E-state index in [0.717, 1.165) is 5.56 Å². The molecule has 3 atom stereocenters. The summed E-state index contributed by atoms with van der Waals surface area (Å²) in [5, 5.41) is -0.0404. The first-order chi connectivity index (χ1) is 13.9. The van der Waals surface area contributed by atoms with Gasteiger partial charge in [0.05, 0.1) is 12.6 Å². The Hall–Kier alpha value is -2.07. The van der Waals surface area contributed by atoms with Crippen molar-refractivity contribution in [3.8, 4) is 0 Å². The SMILES string of the molecule is O=C(c1ccncn1)N1C[C@@H]2C[C@@H]3[C@@](C1)(CN(Cc1ccc(Cl)cc1)S3(=O)=O)O2. The van der Waals surface area contributed by atoms with E-state index in [9.17, 15) is 13.2 Å². The smallest absolute Gasteiger partial charge is 0.272 e. The zero-order chi connectivity index (χ0) is 20.2. The molecule has 5 rings (SSSR count). The van der Waals surface area contributed by atoms with Gasteiger partial charge in [0.2, 0.25) is 10.0 Å². The summed E-state index contributed by atoms with van der Waals surface area (Å²) in [7, 11) is -3.54. The molecule has 8 nitrogen and oxygen atoms in total. The van der Waals surface area contributed by atoms with Crippen molar-refractivity contribution < 1.29 is 17.9 Å². The minimum atomic E-state index is -3.54. The van der Waals surface area contributed by atoms with Crippen LogP contribution in [0.1, 0.15) is 22.5 Å². The molecule has 0 unspecified atom stereocenters. The molecule has 0 N–H and O–H groups in total. The highest BCUT2D eigenvalue weighted by Gasteiger charge is 2.65. The van der Waals surface area contributed by atoms with Gasteiger partial charge >= 0.3 is 0 Å². The second-order valence-electron chi connectivity index (χ2n) is 7.75. The molecule has 1 spiro atoms. The number of amides is 1. The summed E-state index contributed by atoms with van der Waals surface area (Å²) in [6.45, 7) is 1.08. The van der Waals surface area contributed by atoms with Crippen LogP contribution in [0.15, 0.2) is 42.9 Å². The molecular weight excluding hydrogens is 416 g/mol. The number of hydrogen-bond donors (Lipinski definition) is 0. The quantitative estimate of drug-likeness (QED) is 0.723. The van der Waals surface area contributed by atoms with Crippen LogP contribution in [0.5, 0.6) is 0 Å². The molecular formula is C19H19ClN4O4S. The number of halogens is 1. The van der Waals surface area contributed by atoms with E-state index in [0.29, 0.717) is 23.7 Å². The van der Waals surface area contributed by atoms with Gasteiger partial charge in [0, 0.05) is 30.9 Å². The van der Waals surface area contributed by atoms with Crippen LogP contribution in [0.4, 0.5) is 0 Å². The van der Waals surface area contributed by atoms with Crippen LogP contribution in [0.3, 0.4) is 0 Å². The van der Waals surface area contributed by atoms with Gasteiger partial charge in [-0.3, -0.25) is 4.79 Å². The number of carbonyl (C=O) groups is 1. The van der Waals surface area contributed by atoms with Crippen LogP contribution in [0.2, 0.25) is 5.02 Å². The van der Waals surface area contributed by atoms with E-state index in [2.05, 4.69) is 9.97 Å². The van der Waals surface area contributed by atoms with Crippen LogP contribution in [-0.2, 0) is 21.3 Å². The second kappa shape index (κ2) is 6.73. The highest BCUT2D eigenvalue weighted by atomic mass is 35.5. The third-order valence-electron chi connectivity index (χ3n) is 5.87. The average molecular weight is 435 g/mol. The van der Waals surface area contributed by atoms with E-state index in [4.69, 9.17) is 16.3 Å². The van der Waals surface area contributed by atoms with Crippen LogP contribution in [-0.4, -0.2) is 70.1 Å². The van der Waals surface area contributed by atoms with E-state index < -0.39 is 20.9 Å². The number of aromatic nitrogens is 2. The first kappa shape index (κ1) is 18.9. The molecule has 152 valence electrons. The lowest BCUT2D eigenvalue weighted by Crippen LogP contribution is -2.56. The van der Waals surface area contributed by atoms with Gasteiger partial charge in [0.1, 0.15) is 22.9 Å². The number of carbonyl (C=O) groups excluding carboxylic acids is 1. The number of fused-ring (bicyclic) bond motifs is 1. The van der Waals surface area contributed by atoms with Crippen LogP contribution in [0.25, 0.3) is 0 Å². The first-order valence-electron chi connectivity index (χ1n) is 9.34. The highest BCUT2D eigenvalue weighted by Crippen LogP contribution is 2.47. The minimum absolute atomic E-state index is 0.228. The Kier molecular flexibility index (Phi) is 4.39. The maximum absolute atomic E-state index is 13.2. The van der Waals surface area contributed by atoms with Crippen LogP contribution in [0, 0.1) is 0 Å². The number of likely N-dealkylation sites (tertiary alicyclic amines) is 1. The molecule has 1 aromatic carbocycles. The molecule has 0 radical (unpaired) electrons. The number of sulfonamides is 1. The van der Waals surface area contributed by atoms with E-state index >= 15 is 0 Å². The van der Waals surface area contributed by atoms with Crippen molar-refractivity contribution in [3.05, 3.63) is 59.1 Å². The number of morpholine rings is 1. The predicted octanol–water partition coefficient (Wildman–Crippen LogP) is 1.33. The summed E-state index contributed by atoms with van der Waals surface area (Å²) < 4.78 is 34.1. The minimum Gasteiger partial charge on any atom is -0.365 e. The molecule has 3 fully saturated rings. The predicted molar refractivity (Wildman–Crippen MR) is 105 cm³/mol. The number of rotatable bonds is 3. The molecule has 2 aromatic rings. The Bertz CT molecular complexity index is 1050. The lowest BCUT2D eigenvalue weighted by atomic mass is 9.99. The van der Waals surface area contributed by atoms with Gasteiger partial charge in [0.25, 0.3) is 5.91 Å². The van der Waals surface area contributed by atoms with Gasteiger partial charge in [-0.2, -0.15) is 4.31 Å². The molecule has 2 bridgehead atoms. The van der Waals surface area contributed by atoms with Crippen molar-refractivity contribution in [3.63, 3.8) is 0 Å². The fourth-order valence-corrected chi connectivity index (χ4v) is 7.04. The first-order valence-corrected chi connectivity index (χ1v) is 11.2. The topological polar surface area (TPSA) is 92.7 Å². The molecule has 1 amide bonds. The summed E-state index contributed by atoms with van der Waals surface area (Å²) in [5.74, 6) is -0.228. The summed E-state index contributed by atoms with van der Waals surface area (Å²) in [4.78, 5) is 22.4. The van der Waals surface area contributed by atoms with Crippen molar-refractivity contribution in [1.82, 2.24) is 19.2 Å². The van der Waals surface area contributed by atoms with Crippen molar-refractivity contribution in [1.29, 1.82) is 0 Å². The Morgan fingerprint density at radius 1 is 1.24 bits per heavy atom. The van der Waals surface area contributed by atoms with Crippen molar-refractivity contribution in [2.75, 3.05) is 19.6 Å². The Balaban J connectivity index is 1.40. The van der Waals surface area contributed by atoms with Crippen molar-refractivity contribution in [2.24, 2.45) is 0 Å². The summed E-state index contributed by atoms with van der Waals surface area (Å²) in [5.41, 5.74) is 0.250. The van der Waals surface area contributed by atoms with Gasteiger partial charge in [-0.1, -0.05) is 23.7 Å². The molecule has 0 aliphatic carbocycles. The summed E-state index contributed by atoms with van der Waals surface area (Å²) >= 11 is 5.93. The fraction of sp³-hybridized carbons (Fsp3) is 0.421. The van der Waals surface area contributed by atoms with Gasteiger partial charge in [0.15, 0.2) is 0 Å². The molecule has 1 aromatic heterocycles. The van der Waals surface area contributed by atoms with Gasteiger partial charge in [-0.25, -0.2) is 18.4 Å². The molecule has 4 heterocycles. The third-order valence-corrected chi connectivity index (χ3v) is 8.44. The molecule has 3 aliphatic rings. The van der Waals surface area contributed by atoms with Gasteiger partial charge in [-0.05, 0) is 30.2 Å². The van der Waals surface area contributed by atoms with Gasteiger partial charge < -0.3 is 9.64 Å². The fourth-order valence-electron chi connectivity index (χ4n) is 4.62. The van der Waals surface area contributed by atoms with Crippen LogP contribution >= 0.6 is 11.6 Å². The Morgan fingerprint density at radius 3 is 2.76 bits per heavy atom. The summed E-state index contributed by atoms with van der Waals surface area (Å²) in [6.07, 6.45) is 2.96. The third kappa shape index (κ3) is 3.13. The Labute approximate surface area is 173 Å². The molecule has 3 saturated heterocycles. The van der Waals surface area contributed by atoms with Gasteiger partial charge in [-0.15, -0.1) is 0 Å². The number of nitrogens with zero attached hydrogens (tertiary/aromatic N) is 4. The van der Waals surface area contributed by atoms with Crippen molar-refractivity contribution >= 4 is 27.5 Å². The molecule has 0 saturated carbocycles. The monoisotopic (exact) mass is 434 g/mol. The lowest BCUT2D eigenvalue weighted by Gasteiger charge is -2.39. The largest absolute Gasteiger partial charge is 0.365 e. The van der Waals surface area contributed by atoms with Crippen LogP contribution < -0.4 is 0 Å². The number of benzene rings is 1. The van der Waals surface area contributed by atoms with E-state index in [1.54, 1.807) is 23.1 Å². The number of hydrogen-bond acceptors (Lipinski definition) is 6. The second-order valence-corrected chi connectivity index (χ2v) is 10.3. The zero-order valence-electron chi connectivity index (χ0n) is 15.4. The average Bonchev–Trinajstić information content (AvgIpc) is 3.09. The maximum atomic E-state index is 13.2. The van der Waals surface area contributed by atoms with Crippen molar-refractivity contribution in [2.45, 2.75) is 29.9 Å². The highest BCUT2D eigenvalue weighted by molar-refractivity contribution is 7.90. The standard InChI is InChI=1S/C19H19ClN4O4S/c20-14-3-1-13(2-4-14)8-24-11-19-10-23(18(25)16-5-6-21-12-22-16)9-15(28-19)7-17(19)29(24,26)27/h1-6,12,15,17H,7-11H2/t15-,17+,19+/m0/s1. The molecule has 3 aliphatic heterocycles. The summed E-state index contributed by atoms with van der Waals surface area (Å²) in [6, 6.07) is 8.69. The normalized spacial score (nSPS) is 30.3. The zero-order valence-corrected chi connectivity index (χ0v) is 17.0. The number of ether oxygens (including phenoxy) is 1. The molecule has 29 heavy (non-hydrogen) atoms. The maximum Gasteiger partial charge on any atom is 0.272 e. The van der Waals surface area contributed by atoms with E-state index in [-0.39, 0.29) is 31.6 Å². The van der Waals surface area contributed by atoms with E-state index in [1.807, 2.05) is 12.1 Å². The van der Waals surface area contributed by atoms with E-state index in [1.165, 1.54) is 16.8 Å². The Morgan fingerprint density at radius 2 is 2.03 bits per heavy atom.